The van der Waals surface area contributed by atoms with Gasteiger partial charge in [0.25, 0.3) is 0 Å². The third kappa shape index (κ3) is 8.68. The molecule has 0 amide bonds. The fourth-order valence-electron chi connectivity index (χ4n) is 0.938. The Morgan fingerprint density at radius 2 is 1.58 bits per heavy atom. The summed E-state index contributed by atoms with van der Waals surface area (Å²) in [5.74, 6) is -1.44. The number of carbonyl (C=O) groups is 2. The molecule has 10 heteroatoms. The molecule has 0 bridgehead atoms. The van der Waals surface area contributed by atoms with Crippen molar-refractivity contribution in [3.63, 3.8) is 0 Å². The molecule has 0 rings (SSSR count). The molecule has 0 aliphatic heterocycles. The summed E-state index contributed by atoms with van der Waals surface area (Å²) < 4.78 is 30.6. The molecule has 0 aromatic carbocycles. The van der Waals surface area contributed by atoms with Crippen LogP contribution in [0.15, 0.2) is 0 Å². The highest BCUT2D eigenvalue weighted by Crippen LogP contribution is 2.48. The predicted octanol–water partition coefficient (Wildman–Crippen LogP) is -0.0724. The average Bonchev–Trinajstić information content (AvgIpc) is 2.42. The molecular formula is C9H18NO8P. The summed E-state index contributed by atoms with van der Waals surface area (Å²) in [6.45, 7) is -0.948. The van der Waals surface area contributed by atoms with Crippen molar-refractivity contribution in [2.24, 2.45) is 0 Å². The fourth-order valence-corrected chi connectivity index (χ4v) is 2.42. The standard InChI is InChI=1S/C9H18NO8P/c1-15-8(11)6-17-19(14,5-3-4-10-13)18-7-9(12)16-2/h10,13H,3-7H2,1-2H3. The number of hydroxylamine groups is 1. The summed E-state index contributed by atoms with van der Waals surface area (Å²) in [6.07, 6.45) is 0.185. The normalized spacial score (nSPS) is 11.1. The fraction of sp³-hybridized carbons (Fsp3) is 0.778. The first-order valence-corrected chi connectivity index (χ1v) is 7.09. The number of esters is 2. The number of carbonyl (C=O) groups excluding carboxylic acids is 2. The average molecular weight is 299 g/mol. The maximum absolute atomic E-state index is 12.2. The lowest BCUT2D eigenvalue weighted by molar-refractivity contribution is -0.143. The Labute approximate surface area is 110 Å². The van der Waals surface area contributed by atoms with Gasteiger partial charge < -0.3 is 14.7 Å². The van der Waals surface area contributed by atoms with E-state index in [2.05, 4.69) is 9.47 Å². The molecule has 0 radical (unpaired) electrons. The van der Waals surface area contributed by atoms with E-state index in [0.29, 0.717) is 0 Å². The molecule has 2 N–H and O–H groups in total. The van der Waals surface area contributed by atoms with Gasteiger partial charge in [-0.25, -0.2) is 15.1 Å². The van der Waals surface area contributed by atoms with Crippen molar-refractivity contribution >= 4 is 19.5 Å². The Hall–Kier alpha value is -0.990. The molecular weight excluding hydrogens is 281 g/mol. The largest absolute Gasteiger partial charge is 0.467 e. The van der Waals surface area contributed by atoms with Crippen molar-refractivity contribution in [1.82, 2.24) is 5.48 Å². The number of hydrogen-bond donors (Lipinski definition) is 2. The van der Waals surface area contributed by atoms with Gasteiger partial charge >= 0.3 is 19.5 Å². The van der Waals surface area contributed by atoms with Gasteiger partial charge in [0.1, 0.15) is 0 Å². The third-order valence-corrected chi connectivity index (χ3v) is 3.84. The van der Waals surface area contributed by atoms with Gasteiger partial charge in [-0.05, 0) is 6.42 Å². The number of hydrogen-bond acceptors (Lipinski definition) is 9. The molecule has 0 unspecified atom stereocenters. The van der Waals surface area contributed by atoms with E-state index in [1.54, 1.807) is 0 Å². The molecule has 112 valence electrons. The van der Waals surface area contributed by atoms with Crippen LogP contribution in [-0.2, 0) is 32.7 Å². The summed E-state index contributed by atoms with van der Waals surface area (Å²) in [7, 11) is -1.33. The van der Waals surface area contributed by atoms with Crippen LogP contribution in [0.25, 0.3) is 0 Å². The van der Waals surface area contributed by atoms with Crippen molar-refractivity contribution < 1.29 is 37.9 Å². The van der Waals surface area contributed by atoms with Gasteiger partial charge in [0.2, 0.25) is 0 Å². The minimum absolute atomic E-state index is 0.0749. The molecule has 0 aromatic heterocycles. The molecule has 0 fully saturated rings. The Kier molecular flexibility index (Phi) is 9.36. The van der Waals surface area contributed by atoms with Crippen LogP contribution < -0.4 is 5.48 Å². The highest BCUT2D eigenvalue weighted by Gasteiger charge is 2.27. The molecule has 0 aliphatic carbocycles. The first-order chi connectivity index (χ1) is 8.97. The number of methoxy groups -OCH3 is 2. The summed E-state index contributed by atoms with van der Waals surface area (Å²) in [5, 5.41) is 8.41. The summed E-state index contributed by atoms with van der Waals surface area (Å²) in [5.41, 5.74) is 1.88. The van der Waals surface area contributed by atoms with Gasteiger partial charge in [-0.1, -0.05) is 0 Å². The number of ether oxygens (including phenoxy) is 2. The zero-order chi connectivity index (χ0) is 14.7. The molecule has 0 spiro atoms. The maximum Gasteiger partial charge on any atom is 0.332 e. The van der Waals surface area contributed by atoms with Gasteiger partial charge in [0, 0.05) is 6.54 Å². The lowest BCUT2D eigenvalue weighted by Crippen LogP contribution is -2.16. The molecule has 19 heavy (non-hydrogen) atoms. The van der Waals surface area contributed by atoms with E-state index in [1.165, 1.54) is 0 Å². The zero-order valence-electron chi connectivity index (χ0n) is 10.8. The van der Waals surface area contributed by atoms with Crippen molar-refractivity contribution in [3.8, 4) is 0 Å². The van der Waals surface area contributed by atoms with Crippen LogP contribution in [0.5, 0.6) is 0 Å². The highest BCUT2D eigenvalue weighted by molar-refractivity contribution is 7.53. The molecule has 0 atom stereocenters. The quantitative estimate of drug-likeness (QED) is 0.247. The third-order valence-electron chi connectivity index (χ3n) is 1.93. The van der Waals surface area contributed by atoms with Crippen LogP contribution in [0.4, 0.5) is 0 Å². The van der Waals surface area contributed by atoms with Gasteiger partial charge in [0.15, 0.2) is 13.2 Å². The van der Waals surface area contributed by atoms with Crippen LogP contribution in [0.1, 0.15) is 6.42 Å². The van der Waals surface area contributed by atoms with E-state index in [0.717, 1.165) is 14.2 Å². The van der Waals surface area contributed by atoms with Crippen molar-refractivity contribution in [2.75, 3.05) is 40.1 Å². The van der Waals surface area contributed by atoms with Crippen molar-refractivity contribution in [3.05, 3.63) is 0 Å². The number of rotatable bonds is 10. The Morgan fingerprint density at radius 3 is 1.95 bits per heavy atom. The highest BCUT2D eigenvalue weighted by atomic mass is 31.2. The zero-order valence-corrected chi connectivity index (χ0v) is 11.7. The topological polar surface area (TPSA) is 120 Å². The Bertz CT molecular complexity index is 310. The second-order valence-electron chi connectivity index (χ2n) is 3.30. The Balaban J connectivity index is 4.39. The van der Waals surface area contributed by atoms with Crippen LogP contribution in [0, 0.1) is 0 Å². The van der Waals surface area contributed by atoms with Gasteiger partial charge in [-0.3, -0.25) is 13.6 Å². The van der Waals surface area contributed by atoms with Crippen molar-refractivity contribution in [2.45, 2.75) is 6.42 Å². The lowest BCUT2D eigenvalue weighted by Gasteiger charge is -2.17. The van der Waals surface area contributed by atoms with Crippen LogP contribution in [0.2, 0.25) is 0 Å². The van der Waals surface area contributed by atoms with Gasteiger partial charge in [-0.2, -0.15) is 0 Å². The molecule has 0 aliphatic rings. The second-order valence-corrected chi connectivity index (χ2v) is 5.48. The monoisotopic (exact) mass is 299 g/mol. The Morgan fingerprint density at radius 1 is 1.11 bits per heavy atom. The second kappa shape index (κ2) is 9.88. The van der Waals surface area contributed by atoms with Crippen molar-refractivity contribution in [1.29, 1.82) is 0 Å². The summed E-state index contributed by atoms with van der Waals surface area (Å²) >= 11 is 0. The van der Waals surface area contributed by atoms with Crippen LogP contribution in [-0.4, -0.2) is 57.3 Å². The van der Waals surface area contributed by atoms with E-state index >= 15 is 0 Å². The predicted molar refractivity (Wildman–Crippen MR) is 62.8 cm³/mol. The molecule has 0 aromatic rings. The van der Waals surface area contributed by atoms with Gasteiger partial charge in [0.05, 0.1) is 20.4 Å². The summed E-state index contributed by atoms with van der Waals surface area (Å²) in [6, 6.07) is 0. The lowest BCUT2D eigenvalue weighted by atomic mass is 10.5. The minimum atomic E-state index is -3.64. The van der Waals surface area contributed by atoms with E-state index in [9.17, 15) is 14.2 Å². The SMILES string of the molecule is COC(=O)COP(=O)(CCCNO)OCC(=O)OC. The maximum atomic E-state index is 12.2. The van der Waals surface area contributed by atoms with E-state index < -0.39 is 32.7 Å². The first-order valence-electron chi connectivity index (χ1n) is 5.36. The molecule has 0 heterocycles. The number of nitrogens with one attached hydrogen (secondary N) is 1. The van der Waals surface area contributed by atoms with Crippen LogP contribution >= 0.6 is 7.60 Å². The molecule has 0 saturated heterocycles. The summed E-state index contributed by atoms with van der Waals surface area (Å²) in [4.78, 5) is 21.8. The van der Waals surface area contributed by atoms with Gasteiger partial charge in [-0.15, -0.1) is 0 Å². The van der Waals surface area contributed by atoms with E-state index in [1.807, 2.05) is 5.48 Å². The smallest absolute Gasteiger partial charge is 0.332 e. The molecule has 0 saturated carbocycles. The van der Waals surface area contributed by atoms with E-state index in [-0.39, 0.29) is 19.1 Å². The van der Waals surface area contributed by atoms with E-state index in [4.69, 9.17) is 14.3 Å². The first kappa shape index (κ1) is 18.0. The van der Waals surface area contributed by atoms with Crippen LogP contribution in [0.3, 0.4) is 0 Å². The molecule has 9 nitrogen and oxygen atoms in total. The minimum Gasteiger partial charge on any atom is -0.467 e.